The van der Waals surface area contributed by atoms with Crippen LogP contribution in [0.5, 0.6) is 0 Å². The van der Waals surface area contributed by atoms with E-state index in [1.165, 1.54) is 48.5 Å². The number of halogens is 2. The third kappa shape index (κ3) is 4.38. The lowest BCUT2D eigenvalue weighted by Gasteiger charge is -2.29. The molecule has 0 aliphatic rings. The summed E-state index contributed by atoms with van der Waals surface area (Å²) in [7, 11) is 0. The molecule has 0 saturated heterocycles. The van der Waals surface area contributed by atoms with Crippen molar-refractivity contribution >= 4 is 5.91 Å². The second-order valence-electron chi connectivity index (χ2n) is 6.25. The number of rotatable bonds is 6. The number of benzene rings is 3. The fraction of sp³-hybridized carbons (Fsp3) is 0.136. The third-order valence-corrected chi connectivity index (χ3v) is 4.45. The molecule has 0 bridgehead atoms. The number of aliphatic hydroxyl groups is 1. The van der Waals surface area contributed by atoms with E-state index >= 15 is 0 Å². The molecule has 0 aliphatic heterocycles. The predicted molar refractivity (Wildman–Crippen MR) is 99.2 cm³/mol. The number of hydrogen-bond acceptors (Lipinski definition) is 2. The molecule has 3 aromatic carbocycles. The first-order valence-corrected chi connectivity index (χ1v) is 8.57. The van der Waals surface area contributed by atoms with Crippen LogP contribution in [-0.4, -0.2) is 17.6 Å². The minimum absolute atomic E-state index is 0.142. The molecule has 3 rings (SSSR count). The van der Waals surface area contributed by atoms with Crippen LogP contribution in [0.25, 0.3) is 0 Å². The Morgan fingerprint density at radius 3 is 1.78 bits per heavy atom. The lowest BCUT2D eigenvalue weighted by atomic mass is 9.83. The quantitative estimate of drug-likeness (QED) is 0.691. The van der Waals surface area contributed by atoms with Gasteiger partial charge in [0.2, 0.25) is 0 Å². The van der Waals surface area contributed by atoms with E-state index in [0.29, 0.717) is 16.7 Å². The summed E-state index contributed by atoms with van der Waals surface area (Å²) in [5.74, 6) is -1.09. The molecule has 0 unspecified atom stereocenters. The van der Waals surface area contributed by atoms with Gasteiger partial charge in [0, 0.05) is 18.5 Å². The SMILES string of the molecule is O=C(NCCC(O)(c1ccc(F)cc1)c1ccc(F)cc1)c1ccccc1. The standard InChI is InChI=1S/C22H19F2NO2/c23-19-10-6-17(7-11-19)22(27,18-8-12-20(24)13-9-18)14-15-25-21(26)16-4-2-1-3-5-16/h1-13,27H,14-15H2,(H,25,26). The van der Waals surface area contributed by atoms with Crippen LogP contribution >= 0.6 is 0 Å². The van der Waals surface area contributed by atoms with Crippen molar-refractivity contribution in [2.75, 3.05) is 6.54 Å². The Bertz CT molecular complexity index is 848. The zero-order valence-corrected chi connectivity index (χ0v) is 14.5. The van der Waals surface area contributed by atoms with E-state index in [0.717, 1.165) is 0 Å². The van der Waals surface area contributed by atoms with Crippen LogP contribution in [0.2, 0.25) is 0 Å². The minimum Gasteiger partial charge on any atom is -0.380 e. The molecule has 0 atom stereocenters. The summed E-state index contributed by atoms with van der Waals surface area (Å²) in [4.78, 5) is 12.2. The van der Waals surface area contributed by atoms with Gasteiger partial charge in [0.05, 0.1) is 0 Å². The topological polar surface area (TPSA) is 49.3 Å². The maximum absolute atomic E-state index is 13.3. The van der Waals surface area contributed by atoms with Crippen molar-refractivity contribution in [3.8, 4) is 0 Å². The molecule has 0 aromatic heterocycles. The van der Waals surface area contributed by atoms with Gasteiger partial charge in [-0.3, -0.25) is 4.79 Å². The maximum Gasteiger partial charge on any atom is 0.251 e. The largest absolute Gasteiger partial charge is 0.380 e. The molecule has 0 radical (unpaired) electrons. The summed E-state index contributed by atoms with van der Waals surface area (Å²) in [5, 5.41) is 14.1. The predicted octanol–water partition coefficient (Wildman–Crippen LogP) is 4.02. The molecular formula is C22H19F2NO2. The van der Waals surface area contributed by atoms with Gasteiger partial charge in [-0.1, -0.05) is 42.5 Å². The molecule has 3 aromatic rings. The van der Waals surface area contributed by atoms with E-state index in [-0.39, 0.29) is 18.9 Å². The Kier molecular flexibility index (Phi) is 5.62. The molecule has 2 N–H and O–H groups in total. The van der Waals surface area contributed by atoms with Crippen LogP contribution in [0.3, 0.4) is 0 Å². The first-order valence-electron chi connectivity index (χ1n) is 8.57. The number of nitrogens with one attached hydrogen (secondary N) is 1. The number of carbonyl (C=O) groups is 1. The van der Waals surface area contributed by atoms with Crippen LogP contribution in [0.1, 0.15) is 27.9 Å². The van der Waals surface area contributed by atoms with Crippen molar-refractivity contribution < 1.29 is 18.7 Å². The first kappa shape index (κ1) is 18.7. The van der Waals surface area contributed by atoms with Crippen LogP contribution in [0.15, 0.2) is 78.9 Å². The fourth-order valence-electron chi connectivity index (χ4n) is 2.96. The van der Waals surface area contributed by atoms with Crippen LogP contribution in [-0.2, 0) is 5.60 Å². The highest BCUT2D eigenvalue weighted by molar-refractivity contribution is 5.94. The van der Waals surface area contributed by atoms with E-state index in [1.807, 2.05) is 6.07 Å². The first-order chi connectivity index (χ1) is 13.0. The van der Waals surface area contributed by atoms with Crippen molar-refractivity contribution in [2.24, 2.45) is 0 Å². The molecule has 0 saturated carbocycles. The van der Waals surface area contributed by atoms with Crippen LogP contribution < -0.4 is 5.32 Å². The van der Waals surface area contributed by atoms with Gasteiger partial charge >= 0.3 is 0 Å². The maximum atomic E-state index is 13.3. The average Bonchev–Trinajstić information content (AvgIpc) is 2.69. The molecule has 0 fully saturated rings. The lowest BCUT2D eigenvalue weighted by molar-refractivity contribution is 0.0689. The zero-order chi connectivity index (χ0) is 19.3. The van der Waals surface area contributed by atoms with Gasteiger partial charge in [-0.05, 0) is 47.5 Å². The summed E-state index contributed by atoms with van der Waals surface area (Å²) in [6.45, 7) is 0.180. The highest BCUT2D eigenvalue weighted by Gasteiger charge is 2.31. The second-order valence-corrected chi connectivity index (χ2v) is 6.25. The Labute approximate surface area is 156 Å². The van der Waals surface area contributed by atoms with Crippen molar-refractivity contribution in [2.45, 2.75) is 12.0 Å². The number of amides is 1. The Morgan fingerprint density at radius 1 is 0.815 bits per heavy atom. The van der Waals surface area contributed by atoms with Gasteiger partial charge < -0.3 is 10.4 Å². The number of hydrogen-bond donors (Lipinski definition) is 2. The third-order valence-electron chi connectivity index (χ3n) is 4.45. The zero-order valence-electron chi connectivity index (χ0n) is 14.5. The summed E-state index contributed by atoms with van der Waals surface area (Å²) in [6.07, 6.45) is 0.142. The molecule has 5 heteroatoms. The van der Waals surface area contributed by atoms with Crippen molar-refractivity contribution in [1.29, 1.82) is 0 Å². The highest BCUT2D eigenvalue weighted by atomic mass is 19.1. The molecule has 1 amide bonds. The molecule has 0 spiro atoms. The average molecular weight is 367 g/mol. The van der Waals surface area contributed by atoms with Crippen LogP contribution in [0, 0.1) is 11.6 Å². The smallest absolute Gasteiger partial charge is 0.251 e. The molecule has 0 heterocycles. The molecular weight excluding hydrogens is 348 g/mol. The number of carbonyl (C=O) groups excluding carboxylic acids is 1. The van der Waals surface area contributed by atoms with Crippen molar-refractivity contribution in [3.63, 3.8) is 0 Å². The van der Waals surface area contributed by atoms with Crippen molar-refractivity contribution in [1.82, 2.24) is 5.32 Å². The summed E-state index contributed by atoms with van der Waals surface area (Å²) >= 11 is 0. The normalized spacial score (nSPS) is 11.2. The van der Waals surface area contributed by atoms with Crippen molar-refractivity contribution in [3.05, 3.63) is 107 Å². The second kappa shape index (κ2) is 8.10. The molecule has 138 valence electrons. The van der Waals surface area contributed by atoms with E-state index in [2.05, 4.69) is 5.32 Å². The highest BCUT2D eigenvalue weighted by Crippen LogP contribution is 2.33. The molecule has 0 aliphatic carbocycles. The van der Waals surface area contributed by atoms with Gasteiger partial charge in [0.25, 0.3) is 5.91 Å². The monoisotopic (exact) mass is 367 g/mol. The lowest BCUT2D eigenvalue weighted by Crippen LogP contribution is -2.34. The van der Waals surface area contributed by atoms with E-state index in [1.54, 1.807) is 24.3 Å². The van der Waals surface area contributed by atoms with E-state index < -0.39 is 17.2 Å². The van der Waals surface area contributed by atoms with Gasteiger partial charge in [-0.2, -0.15) is 0 Å². The summed E-state index contributed by atoms with van der Waals surface area (Å²) < 4.78 is 26.6. The van der Waals surface area contributed by atoms with E-state index in [4.69, 9.17) is 0 Å². The Balaban J connectivity index is 1.81. The van der Waals surface area contributed by atoms with Crippen LogP contribution in [0.4, 0.5) is 8.78 Å². The minimum atomic E-state index is -1.49. The molecule has 27 heavy (non-hydrogen) atoms. The molecule has 3 nitrogen and oxygen atoms in total. The summed E-state index contributed by atoms with van der Waals surface area (Å²) in [6, 6.07) is 19.7. The summed E-state index contributed by atoms with van der Waals surface area (Å²) in [5.41, 5.74) is -0.0516. The van der Waals surface area contributed by atoms with Gasteiger partial charge in [0.15, 0.2) is 0 Å². The Hall–Kier alpha value is -3.05. The van der Waals surface area contributed by atoms with Gasteiger partial charge in [-0.15, -0.1) is 0 Å². The van der Waals surface area contributed by atoms with E-state index in [9.17, 15) is 18.7 Å². The van der Waals surface area contributed by atoms with Gasteiger partial charge in [-0.25, -0.2) is 8.78 Å². The fourth-order valence-corrected chi connectivity index (χ4v) is 2.96. The van der Waals surface area contributed by atoms with Gasteiger partial charge in [0.1, 0.15) is 17.2 Å². The Morgan fingerprint density at radius 2 is 1.30 bits per heavy atom.